The van der Waals surface area contributed by atoms with Gasteiger partial charge >= 0.3 is 5.97 Å². The van der Waals surface area contributed by atoms with Crippen molar-refractivity contribution in [1.82, 2.24) is 0 Å². The van der Waals surface area contributed by atoms with Crippen molar-refractivity contribution in [2.75, 3.05) is 11.4 Å². The molecule has 1 heterocycles. The molecule has 112 valence electrons. The predicted octanol–water partition coefficient (Wildman–Crippen LogP) is 3.63. The highest BCUT2D eigenvalue weighted by molar-refractivity contribution is 6.31. The van der Waals surface area contributed by atoms with Crippen LogP contribution in [0.5, 0.6) is 0 Å². The predicted molar refractivity (Wildman–Crippen MR) is 84.9 cm³/mol. The molecule has 0 saturated heterocycles. The first-order valence-corrected chi connectivity index (χ1v) is 7.38. The summed E-state index contributed by atoms with van der Waals surface area (Å²) in [6.07, 6.45) is 1.82. The second kappa shape index (κ2) is 5.81. The van der Waals surface area contributed by atoms with E-state index in [4.69, 9.17) is 16.7 Å². The summed E-state index contributed by atoms with van der Waals surface area (Å²) >= 11 is 5.94. The van der Waals surface area contributed by atoms with Crippen molar-refractivity contribution < 1.29 is 14.7 Å². The molecular formula is C17H14ClNO3. The summed E-state index contributed by atoms with van der Waals surface area (Å²) in [5.74, 6) is -1.33. The lowest BCUT2D eigenvalue weighted by Crippen LogP contribution is -2.35. The average molecular weight is 316 g/mol. The van der Waals surface area contributed by atoms with Gasteiger partial charge < -0.3 is 10.0 Å². The zero-order valence-electron chi connectivity index (χ0n) is 11.8. The van der Waals surface area contributed by atoms with Crippen molar-refractivity contribution in [2.24, 2.45) is 0 Å². The Hall–Kier alpha value is -2.33. The third-order valence-corrected chi connectivity index (χ3v) is 3.97. The number of aryl methyl sites for hydroxylation is 1. The van der Waals surface area contributed by atoms with Crippen molar-refractivity contribution in [2.45, 2.75) is 12.8 Å². The number of benzene rings is 2. The Kier molecular flexibility index (Phi) is 3.86. The SMILES string of the molecule is O=C(O)c1cc(Cl)cc(C(=O)N2CCCc3ccccc32)c1. The van der Waals surface area contributed by atoms with Gasteiger partial charge in [0, 0.05) is 22.8 Å². The van der Waals surface area contributed by atoms with E-state index in [2.05, 4.69) is 0 Å². The monoisotopic (exact) mass is 315 g/mol. The van der Waals surface area contributed by atoms with E-state index in [0.29, 0.717) is 12.1 Å². The van der Waals surface area contributed by atoms with Gasteiger partial charge in [0.2, 0.25) is 0 Å². The number of carbonyl (C=O) groups excluding carboxylic acids is 1. The molecule has 1 N–H and O–H groups in total. The zero-order chi connectivity index (χ0) is 15.7. The van der Waals surface area contributed by atoms with Gasteiger partial charge in [-0.3, -0.25) is 4.79 Å². The quantitative estimate of drug-likeness (QED) is 0.920. The fraction of sp³-hybridized carbons (Fsp3) is 0.176. The maximum atomic E-state index is 12.8. The largest absolute Gasteiger partial charge is 0.478 e. The summed E-state index contributed by atoms with van der Waals surface area (Å²) in [4.78, 5) is 25.6. The summed E-state index contributed by atoms with van der Waals surface area (Å²) < 4.78 is 0. The van der Waals surface area contributed by atoms with Crippen LogP contribution < -0.4 is 4.90 Å². The molecule has 3 rings (SSSR count). The smallest absolute Gasteiger partial charge is 0.335 e. The summed E-state index contributed by atoms with van der Waals surface area (Å²) in [5.41, 5.74) is 2.32. The van der Waals surface area contributed by atoms with Crippen LogP contribution in [0.15, 0.2) is 42.5 Å². The minimum absolute atomic E-state index is 0.0149. The van der Waals surface area contributed by atoms with E-state index in [1.807, 2.05) is 24.3 Å². The summed E-state index contributed by atoms with van der Waals surface area (Å²) in [7, 11) is 0. The number of para-hydroxylation sites is 1. The van der Waals surface area contributed by atoms with Crippen LogP contribution in [0.3, 0.4) is 0 Å². The first kappa shape index (κ1) is 14.6. The normalized spacial score (nSPS) is 13.6. The van der Waals surface area contributed by atoms with Crippen molar-refractivity contribution in [3.05, 3.63) is 64.2 Å². The Labute approximate surface area is 132 Å². The second-order valence-electron chi connectivity index (χ2n) is 5.22. The molecule has 0 spiro atoms. The topological polar surface area (TPSA) is 57.6 Å². The second-order valence-corrected chi connectivity index (χ2v) is 5.66. The van der Waals surface area contributed by atoms with Crippen LogP contribution >= 0.6 is 11.6 Å². The molecule has 0 aromatic heterocycles. The maximum absolute atomic E-state index is 12.8. The van der Waals surface area contributed by atoms with Crippen LogP contribution in [0, 0.1) is 0 Å². The molecule has 1 aliphatic heterocycles. The Balaban J connectivity index is 2.00. The fourth-order valence-electron chi connectivity index (χ4n) is 2.74. The van der Waals surface area contributed by atoms with E-state index in [0.717, 1.165) is 24.1 Å². The van der Waals surface area contributed by atoms with E-state index in [1.165, 1.54) is 18.2 Å². The standard InChI is InChI=1S/C17H14ClNO3/c18-14-9-12(8-13(10-14)17(21)22)16(20)19-7-3-5-11-4-1-2-6-15(11)19/h1-2,4,6,8-10H,3,5,7H2,(H,21,22). The van der Waals surface area contributed by atoms with Crippen LogP contribution in [0.25, 0.3) is 0 Å². The number of rotatable bonds is 2. The molecule has 0 aliphatic carbocycles. The van der Waals surface area contributed by atoms with Crippen LogP contribution in [0.2, 0.25) is 5.02 Å². The lowest BCUT2D eigenvalue weighted by Gasteiger charge is -2.29. The Morgan fingerprint density at radius 3 is 2.59 bits per heavy atom. The van der Waals surface area contributed by atoms with Gasteiger partial charge in [0.1, 0.15) is 0 Å². The fourth-order valence-corrected chi connectivity index (χ4v) is 2.97. The van der Waals surface area contributed by atoms with Gasteiger partial charge in [-0.05, 0) is 42.7 Å². The molecule has 1 amide bonds. The third kappa shape index (κ3) is 2.70. The first-order valence-electron chi connectivity index (χ1n) is 7.00. The lowest BCUT2D eigenvalue weighted by molar-refractivity contribution is 0.0697. The van der Waals surface area contributed by atoms with Crippen LogP contribution in [-0.4, -0.2) is 23.5 Å². The molecule has 0 saturated carbocycles. The molecule has 2 aromatic rings. The molecule has 1 aliphatic rings. The van der Waals surface area contributed by atoms with Gasteiger partial charge in [0.15, 0.2) is 0 Å². The minimum atomic E-state index is -1.10. The van der Waals surface area contributed by atoms with Gasteiger partial charge in [-0.15, -0.1) is 0 Å². The van der Waals surface area contributed by atoms with Gasteiger partial charge in [-0.25, -0.2) is 4.79 Å². The Morgan fingerprint density at radius 2 is 1.82 bits per heavy atom. The van der Waals surface area contributed by atoms with Gasteiger partial charge in [-0.1, -0.05) is 29.8 Å². The lowest BCUT2D eigenvalue weighted by atomic mass is 10.0. The molecular weight excluding hydrogens is 302 g/mol. The minimum Gasteiger partial charge on any atom is -0.478 e. The van der Waals surface area contributed by atoms with Gasteiger partial charge in [0.05, 0.1) is 5.56 Å². The average Bonchev–Trinajstić information content (AvgIpc) is 2.53. The Bertz CT molecular complexity index is 757. The number of carbonyl (C=O) groups is 2. The van der Waals surface area contributed by atoms with Gasteiger partial charge in [0.25, 0.3) is 5.91 Å². The van der Waals surface area contributed by atoms with E-state index in [9.17, 15) is 9.59 Å². The van der Waals surface area contributed by atoms with E-state index in [-0.39, 0.29) is 16.5 Å². The molecule has 0 radical (unpaired) electrons. The summed E-state index contributed by atoms with van der Waals surface area (Å²) in [6, 6.07) is 12.0. The number of hydrogen-bond acceptors (Lipinski definition) is 2. The Morgan fingerprint density at radius 1 is 1.09 bits per heavy atom. The molecule has 22 heavy (non-hydrogen) atoms. The van der Waals surface area contributed by atoms with Crippen molar-refractivity contribution in [1.29, 1.82) is 0 Å². The van der Waals surface area contributed by atoms with Crippen LogP contribution in [-0.2, 0) is 6.42 Å². The molecule has 0 atom stereocenters. The molecule has 2 aromatic carbocycles. The molecule has 0 unspecified atom stereocenters. The highest BCUT2D eigenvalue weighted by Gasteiger charge is 2.24. The number of halogens is 1. The number of carboxylic acid groups (broad SMARTS) is 1. The molecule has 5 heteroatoms. The van der Waals surface area contributed by atoms with E-state index in [1.54, 1.807) is 4.90 Å². The summed E-state index contributed by atoms with van der Waals surface area (Å²) in [5, 5.41) is 9.34. The third-order valence-electron chi connectivity index (χ3n) is 3.75. The van der Waals surface area contributed by atoms with Crippen LogP contribution in [0.1, 0.15) is 32.7 Å². The summed E-state index contributed by atoms with van der Waals surface area (Å²) in [6.45, 7) is 0.616. The number of amides is 1. The zero-order valence-corrected chi connectivity index (χ0v) is 12.5. The maximum Gasteiger partial charge on any atom is 0.335 e. The number of carboxylic acids is 1. The number of nitrogens with zero attached hydrogens (tertiary/aromatic N) is 1. The molecule has 0 bridgehead atoms. The van der Waals surface area contributed by atoms with Gasteiger partial charge in [-0.2, -0.15) is 0 Å². The number of aromatic carboxylic acids is 1. The highest BCUT2D eigenvalue weighted by atomic mass is 35.5. The van der Waals surface area contributed by atoms with Crippen LogP contribution in [0.4, 0.5) is 5.69 Å². The highest BCUT2D eigenvalue weighted by Crippen LogP contribution is 2.28. The number of anilines is 1. The first-order chi connectivity index (χ1) is 10.6. The van der Waals surface area contributed by atoms with Crippen molar-refractivity contribution >= 4 is 29.2 Å². The van der Waals surface area contributed by atoms with Crippen molar-refractivity contribution in [3.63, 3.8) is 0 Å². The van der Waals surface area contributed by atoms with Crippen molar-refractivity contribution in [3.8, 4) is 0 Å². The van der Waals surface area contributed by atoms with E-state index < -0.39 is 5.97 Å². The number of fused-ring (bicyclic) bond motifs is 1. The molecule has 0 fully saturated rings. The van der Waals surface area contributed by atoms with E-state index >= 15 is 0 Å². The number of hydrogen-bond donors (Lipinski definition) is 1. The molecule has 4 nitrogen and oxygen atoms in total.